The average Bonchev–Trinajstić information content (AvgIpc) is 3.26. The number of anilines is 5. The maximum absolute atomic E-state index is 3.80. The van der Waals surface area contributed by atoms with Crippen molar-refractivity contribution in [3.05, 3.63) is 175 Å². The summed E-state index contributed by atoms with van der Waals surface area (Å²) >= 11 is 0. The number of nitrogens with zero attached hydrogens (tertiary/aromatic N) is 1. The molecule has 2 nitrogen and oxygen atoms in total. The molecule has 1 N–H and O–H groups in total. The Labute approximate surface area is 276 Å². The number of benzene rings is 7. The summed E-state index contributed by atoms with van der Waals surface area (Å²) in [6.45, 7) is 4.70. The van der Waals surface area contributed by atoms with Crippen LogP contribution in [0.4, 0.5) is 28.4 Å². The first-order chi connectivity index (χ1) is 23.1. The van der Waals surface area contributed by atoms with Crippen LogP contribution in [0.2, 0.25) is 0 Å². The minimum Gasteiger partial charge on any atom is -0.355 e. The van der Waals surface area contributed by atoms with Crippen molar-refractivity contribution in [3.8, 4) is 44.5 Å². The molecular weight excluding hydrogens is 569 g/mol. The molecule has 1 aliphatic heterocycles. The maximum atomic E-state index is 3.80. The average molecular weight is 603 g/mol. The van der Waals surface area contributed by atoms with Gasteiger partial charge in [0.25, 0.3) is 0 Å². The van der Waals surface area contributed by atoms with E-state index in [1.165, 1.54) is 61.3 Å². The van der Waals surface area contributed by atoms with E-state index in [9.17, 15) is 0 Å². The summed E-state index contributed by atoms with van der Waals surface area (Å²) in [5.41, 5.74) is 18.3. The summed E-state index contributed by atoms with van der Waals surface area (Å²) in [6.07, 6.45) is 0. The molecule has 0 amide bonds. The summed E-state index contributed by atoms with van der Waals surface area (Å²) in [7, 11) is 0. The van der Waals surface area contributed by atoms with E-state index in [2.05, 4.69) is 188 Å². The van der Waals surface area contributed by atoms with Crippen molar-refractivity contribution < 1.29 is 0 Å². The summed E-state index contributed by atoms with van der Waals surface area (Å²) < 4.78 is 0. The fraction of sp³-hybridized carbons (Fsp3) is 0.0667. The SMILES string of the molecule is CC1(C)c2cc(Nc3ccc4c(c3)N(c3ccccc3)c3ccccc3-c3ccccc3-4)ccc2-c2ccc(-c3ccccc3)cc21. The summed E-state index contributed by atoms with van der Waals surface area (Å²) in [4.78, 5) is 2.41. The number of hydrogen-bond donors (Lipinski definition) is 1. The van der Waals surface area contributed by atoms with Gasteiger partial charge >= 0.3 is 0 Å². The van der Waals surface area contributed by atoms with E-state index in [-0.39, 0.29) is 5.41 Å². The Morgan fingerprint density at radius 1 is 0.404 bits per heavy atom. The van der Waals surface area contributed by atoms with E-state index in [0.29, 0.717) is 0 Å². The van der Waals surface area contributed by atoms with Gasteiger partial charge in [-0.05, 0) is 93.0 Å². The Morgan fingerprint density at radius 2 is 0.936 bits per heavy atom. The topological polar surface area (TPSA) is 15.3 Å². The van der Waals surface area contributed by atoms with Crippen LogP contribution in [-0.4, -0.2) is 0 Å². The minimum absolute atomic E-state index is 0.113. The smallest absolute Gasteiger partial charge is 0.0561 e. The van der Waals surface area contributed by atoms with Crippen LogP contribution in [0.3, 0.4) is 0 Å². The van der Waals surface area contributed by atoms with E-state index in [0.717, 1.165) is 22.7 Å². The van der Waals surface area contributed by atoms with Gasteiger partial charge in [-0.25, -0.2) is 0 Å². The number of hydrogen-bond acceptors (Lipinski definition) is 2. The molecule has 2 aliphatic rings. The third-order valence-electron chi connectivity index (χ3n) is 9.98. The zero-order chi connectivity index (χ0) is 31.5. The number of fused-ring (bicyclic) bond motifs is 8. The molecule has 47 heavy (non-hydrogen) atoms. The molecule has 224 valence electrons. The van der Waals surface area contributed by atoms with Gasteiger partial charge in [-0.3, -0.25) is 0 Å². The lowest BCUT2D eigenvalue weighted by Crippen LogP contribution is -2.15. The molecule has 0 aromatic heterocycles. The van der Waals surface area contributed by atoms with Crippen LogP contribution in [-0.2, 0) is 5.41 Å². The van der Waals surface area contributed by atoms with Crippen LogP contribution in [0.25, 0.3) is 44.5 Å². The quantitative estimate of drug-likeness (QED) is 0.216. The molecule has 7 aromatic rings. The van der Waals surface area contributed by atoms with Gasteiger partial charge in [0, 0.05) is 33.6 Å². The second kappa shape index (κ2) is 10.6. The molecule has 9 rings (SSSR count). The second-order valence-corrected chi connectivity index (χ2v) is 13.1. The summed E-state index contributed by atoms with van der Waals surface area (Å²) in [6, 6.07) is 59.5. The maximum Gasteiger partial charge on any atom is 0.0561 e. The molecule has 1 heterocycles. The van der Waals surface area contributed by atoms with Gasteiger partial charge in [0.2, 0.25) is 0 Å². The molecule has 7 aromatic carbocycles. The van der Waals surface area contributed by atoms with Crippen molar-refractivity contribution in [2.45, 2.75) is 19.3 Å². The number of para-hydroxylation sites is 2. The summed E-state index contributed by atoms with van der Waals surface area (Å²) in [5.74, 6) is 0. The predicted octanol–water partition coefficient (Wildman–Crippen LogP) is 12.5. The Balaban J connectivity index is 1.13. The fourth-order valence-corrected chi connectivity index (χ4v) is 7.65. The highest BCUT2D eigenvalue weighted by Gasteiger charge is 2.36. The van der Waals surface area contributed by atoms with Crippen LogP contribution in [0.15, 0.2) is 164 Å². The van der Waals surface area contributed by atoms with Gasteiger partial charge in [0.05, 0.1) is 11.4 Å². The molecular formula is C45H34N2. The van der Waals surface area contributed by atoms with Crippen molar-refractivity contribution in [2.75, 3.05) is 10.2 Å². The Morgan fingerprint density at radius 3 is 1.66 bits per heavy atom. The van der Waals surface area contributed by atoms with Crippen LogP contribution >= 0.6 is 0 Å². The van der Waals surface area contributed by atoms with Gasteiger partial charge in [0.15, 0.2) is 0 Å². The highest BCUT2D eigenvalue weighted by Crippen LogP contribution is 2.53. The van der Waals surface area contributed by atoms with E-state index < -0.39 is 0 Å². The summed E-state index contributed by atoms with van der Waals surface area (Å²) in [5, 5.41) is 3.80. The lowest BCUT2D eigenvalue weighted by molar-refractivity contribution is 0.661. The lowest BCUT2D eigenvalue weighted by atomic mass is 9.81. The van der Waals surface area contributed by atoms with Gasteiger partial charge < -0.3 is 10.2 Å². The molecule has 0 spiro atoms. The normalized spacial score (nSPS) is 13.4. The van der Waals surface area contributed by atoms with E-state index in [1.54, 1.807) is 0 Å². The van der Waals surface area contributed by atoms with Crippen molar-refractivity contribution in [1.82, 2.24) is 0 Å². The molecule has 0 atom stereocenters. The molecule has 1 aliphatic carbocycles. The Bertz CT molecular complexity index is 2300. The van der Waals surface area contributed by atoms with Crippen molar-refractivity contribution in [1.29, 1.82) is 0 Å². The van der Waals surface area contributed by atoms with Crippen LogP contribution < -0.4 is 10.2 Å². The molecule has 0 radical (unpaired) electrons. The number of rotatable bonds is 4. The zero-order valence-electron chi connectivity index (χ0n) is 26.5. The van der Waals surface area contributed by atoms with Gasteiger partial charge in [-0.15, -0.1) is 0 Å². The molecule has 0 saturated carbocycles. The van der Waals surface area contributed by atoms with Crippen molar-refractivity contribution >= 4 is 28.4 Å². The van der Waals surface area contributed by atoms with Crippen molar-refractivity contribution in [2.24, 2.45) is 0 Å². The molecule has 2 heteroatoms. The van der Waals surface area contributed by atoms with Crippen LogP contribution in [0, 0.1) is 0 Å². The van der Waals surface area contributed by atoms with E-state index in [1.807, 2.05) is 0 Å². The van der Waals surface area contributed by atoms with E-state index >= 15 is 0 Å². The Kier molecular flexibility index (Phi) is 6.20. The predicted molar refractivity (Wildman–Crippen MR) is 198 cm³/mol. The number of nitrogens with one attached hydrogen (secondary N) is 1. The first-order valence-electron chi connectivity index (χ1n) is 16.4. The van der Waals surface area contributed by atoms with Gasteiger partial charge in [0.1, 0.15) is 0 Å². The molecule has 0 bridgehead atoms. The van der Waals surface area contributed by atoms with Crippen LogP contribution in [0.1, 0.15) is 25.0 Å². The van der Waals surface area contributed by atoms with Crippen molar-refractivity contribution in [3.63, 3.8) is 0 Å². The second-order valence-electron chi connectivity index (χ2n) is 13.1. The fourth-order valence-electron chi connectivity index (χ4n) is 7.65. The largest absolute Gasteiger partial charge is 0.355 e. The first kappa shape index (κ1) is 27.5. The Hall–Kier alpha value is -5.86. The third-order valence-corrected chi connectivity index (χ3v) is 9.98. The van der Waals surface area contributed by atoms with Gasteiger partial charge in [-0.2, -0.15) is 0 Å². The third kappa shape index (κ3) is 4.40. The zero-order valence-corrected chi connectivity index (χ0v) is 26.5. The minimum atomic E-state index is -0.113. The standard InChI is InChI=1S/C45H34N2/c1-45(2)41-27-31(30-13-5-3-6-14-30)21-24-37(41)38-25-22-32(28-42(38)45)46-33-23-26-40-36-18-10-9-17-35(36)39-19-11-12-20-43(39)47(44(40)29-33)34-15-7-4-8-16-34/h3-29,46H,1-2H3. The molecule has 0 fully saturated rings. The highest BCUT2D eigenvalue weighted by molar-refractivity contribution is 6.03. The molecule has 0 saturated heterocycles. The van der Waals surface area contributed by atoms with Crippen LogP contribution in [0.5, 0.6) is 0 Å². The highest BCUT2D eigenvalue weighted by atomic mass is 15.2. The first-order valence-corrected chi connectivity index (χ1v) is 16.4. The monoisotopic (exact) mass is 602 g/mol. The van der Waals surface area contributed by atoms with E-state index in [4.69, 9.17) is 0 Å². The van der Waals surface area contributed by atoms with Gasteiger partial charge in [-0.1, -0.05) is 129 Å². The lowest BCUT2D eigenvalue weighted by Gasteiger charge is -2.28. The molecule has 0 unspecified atom stereocenters.